The highest BCUT2D eigenvalue weighted by Crippen LogP contribution is 2.30. The van der Waals surface area contributed by atoms with Crippen molar-refractivity contribution in [2.24, 2.45) is 17.8 Å². The fourth-order valence-electron chi connectivity index (χ4n) is 3.78. The Kier molecular flexibility index (Phi) is 6.66. The van der Waals surface area contributed by atoms with Crippen molar-refractivity contribution in [2.45, 2.75) is 64.1 Å². The molecule has 0 aromatic heterocycles. The first-order valence-corrected chi connectivity index (χ1v) is 8.74. The fourth-order valence-corrected chi connectivity index (χ4v) is 3.78. The number of rotatable bonds is 5. The zero-order valence-electron chi connectivity index (χ0n) is 14.0. The summed E-state index contributed by atoms with van der Waals surface area (Å²) in [4.78, 5) is 23.7. The predicted octanol–water partition coefficient (Wildman–Crippen LogP) is 3.25. The standard InChI is InChI=1S/C17H26F3NO3/c1-11-8-13(22)6-7-14(11)16(23)21-9-12-4-2-3-5-15(12)24-10-17(18,19)20/h11-12,14-15H,2-10H2,1H3,(H,21,23). The zero-order valence-corrected chi connectivity index (χ0v) is 14.0. The first-order valence-electron chi connectivity index (χ1n) is 8.74. The van der Waals surface area contributed by atoms with Gasteiger partial charge in [-0.3, -0.25) is 9.59 Å². The van der Waals surface area contributed by atoms with E-state index in [1.807, 2.05) is 6.92 Å². The molecule has 2 saturated carbocycles. The maximum Gasteiger partial charge on any atom is 0.411 e. The third-order valence-electron chi connectivity index (χ3n) is 5.15. The Labute approximate surface area is 140 Å². The largest absolute Gasteiger partial charge is 0.411 e. The van der Waals surface area contributed by atoms with Crippen molar-refractivity contribution in [3.8, 4) is 0 Å². The molecule has 2 aliphatic rings. The van der Waals surface area contributed by atoms with Gasteiger partial charge in [0.2, 0.25) is 5.91 Å². The van der Waals surface area contributed by atoms with Crippen LogP contribution in [0.25, 0.3) is 0 Å². The van der Waals surface area contributed by atoms with E-state index in [0.717, 1.165) is 19.3 Å². The molecule has 0 saturated heterocycles. The number of halogens is 3. The van der Waals surface area contributed by atoms with Gasteiger partial charge < -0.3 is 10.1 Å². The number of hydrogen-bond acceptors (Lipinski definition) is 3. The number of ketones is 1. The van der Waals surface area contributed by atoms with E-state index in [2.05, 4.69) is 5.32 Å². The summed E-state index contributed by atoms with van der Waals surface area (Å²) in [6.45, 7) is 1.01. The Hall–Kier alpha value is -1.11. The van der Waals surface area contributed by atoms with Crippen LogP contribution in [-0.4, -0.2) is 37.1 Å². The first-order chi connectivity index (χ1) is 11.3. The molecular weight excluding hydrogens is 323 g/mol. The quantitative estimate of drug-likeness (QED) is 0.829. The lowest BCUT2D eigenvalue weighted by molar-refractivity contribution is -0.193. The number of nitrogens with one attached hydrogen (secondary N) is 1. The number of ether oxygens (including phenoxy) is 1. The van der Waals surface area contributed by atoms with Crippen molar-refractivity contribution in [1.29, 1.82) is 0 Å². The van der Waals surface area contributed by atoms with Crippen molar-refractivity contribution >= 4 is 11.7 Å². The van der Waals surface area contributed by atoms with E-state index in [1.165, 1.54) is 0 Å². The highest BCUT2D eigenvalue weighted by molar-refractivity contribution is 5.85. The molecule has 0 spiro atoms. The molecule has 0 heterocycles. The Morgan fingerprint density at radius 3 is 2.62 bits per heavy atom. The third-order valence-corrected chi connectivity index (χ3v) is 5.15. The van der Waals surface area contributed by atoms with Gasteiger partial charge in [-0.05, 0) is 25.2 Å². The SMILES string of the molecule is CC1CC(=O)CCC1C(=O)NCC1CCCCC1OCC(F)(F)F. The Balaban J connectivity index is 1.82. The van der Waals surface area contributed by atoms with Gasteiger partial charge in [-0.1, -0.05) is 19.8 Å². The predicted molar refractivity (Wildman–Crippen MR) is 82.3 cm³/mol. The van der Waals surface area contributed by atoms with Crippen LogP contribution in [0.2, 0.25) is 0 Å². The van der Waals surface area contributed by atoms with Gasteiger partial charge in [-0.25, -0.2) is 0 Å². The summed E-state index contributed by atoms with van der Waals surface area (Å²) in [6, 6.07) is 0. The van der Waals surface area contributed by atoms with Crippen molar-refractivity contribution in [3.05, 3.63) is 0 Å². The summed E-state index contributed by atoms with van der Waals surface area (Å²) in [5.74, 6) is -0.129. The van der Waals surface area contributed by atoms with E-state index in [-0.39, 0.29) is 29.4 Å². The zero-order chi connectivity index (χ0) is 17.7. The van der Waals surface area contributed by atoms with Gasteiger partial charge in [-0.2, -0.15) is 13.2 Å². The van der Waals surface area contributed by atoms with Crippen LogP contribution in [-0.2, 0) is 14.3 Å². The van der Waals surface area contributed by atoms with E-state index in [9.17, 15) is 22.8 Å². The molecule has 0 aromatic rings. The van der Waals surface area contributed by atoms with Crippen LogP contribution in [0, 0.1) is 17.8 Å². The molecule has 2 fully saturated rings. The van der Waals surface area contributed by atoms with Crippen molar-refractivity contribution in [3.63, 3.8) is 0 Å². The summed E-state index contributed by atoms with van der Waals surface area (Å²) in [5.41, 5.74) is 0. The van der Waals surface area contributed by atoms with Crippen LogP contribution < -0.4 is 5.32 Å². The van der Waals surface area contributed by atoms with Crippen LogP contribution in [0.1, 0.15) is 51.9 Å². The van der Waals surface area contributed by atoms with Gasteiger partial charge in [0, 0.05) is 31.2 Å². The lowest BCUT2D eigenvalue weighted by Crippen LogP contribution is -2.43. The maximum atomic E-state index is 12.3. The molecule has 1 N–H and O–H groups in total. The summed E-state index contributed by atoms with van der Waals surface area (Å²) >= 11 is 0. The number of amides is 1. The molecule has 2 rings (SSSR count). The second-order valence-electron chi connectivity index (χ2n) is 7.12. The number of alkyl halides is 3. The maximum absolute atomic E-state index is 12.3. The number of Topliss-reactive ketones (excluding diaryl/α,β-unsaturated/α-hetero) is 1. The average molecular weight is 349 g/mol. The third kappa shape index (κ3) is 5.76. The normalized spacial score (nSPS) is 31.8. The summed E-state index contributed by atoms with van der Waals surface area (Å²) in [6.07, 6.45) is -0.185. The molecular formula is C17H26F3NO3. The van der Waals surface area contributed by atoms with Crippen LogP contribution >= 0.6 is 0 Å². The minimum Gasteiger partial charge on any atom is -0.368 e. The molecule has 138 valence electrons. The molecule has 2 aliphatic carbocycles. The van der Waals surface area contributed by atoms with Gasteiger partial charge in [0.15, 0.2) is 0 Å². The average Bonchev–Trinajstić information content (AvgIpc) is 2.50. The van der Waals surface area contributed by atoms with E-state index in [0.29, 0.717) is 32.2 Å². The van der Waals surface area contributed by atoms with Crippen LogP contribution in [0.4, 0.5) is 13.2 Å². The van der Waals surface area contributed by atoms with Crippen LogP contribution in [0.5, 0.6) is 0 Å². The molecule has 4 atom stereocenters. The Morgan fingerprint density at radius 2 is 1.96 bits per heavy atom. The smallest absolute Gasteiger partial charge is 0.368 e. The summed E-state index contributed by atoms with van der Waals surface area (Å²) in [7, 11) is 0. The topological polar surface area (TPSA) is 55.4 Å². The fraction of sp³-hybridized carbons (Fsp3) is 0.882. The van der Waals surface area contributed by atoms with E-state index < -0.39 is 18.9 Å². The van der Waals surface area contributed by atoms with Crippen molar-refractivity contribution in [1.82, 2.24) is 5.32 Å². The van der Waals surface area contributed by atoms with Gasteiger partial charge in [-0.15, -0.1) is 0 Å². The van der Waals surface area contributed by atoms with Crippen LogP contribution in [0.15, 0.2) is 0 Å². The monoisotopic (exact) mass is 349 g/mol. The molecule has 7 heteroatoms. The number of carbonyl (C=O) groups is 2. The highest BCUT2D eigenvalue weighted by atomic mass is 19.4. The highest BCUT2D eigenvalue weighted by Gasteiger charge is 2.35. The molecule has 4 unspecified atom stereocenters. The van der Waals surface area contributed by atoms with E-state index in [1.54, 1.807) is 0 Å². The number of hydrogen-bond donors (Lipinski definition) is 1. The molecule has 0 aromatic carbocycles. The van der Waals surface area contributed by atoms with Gasteiger partial charge in [0.05, 0.1) is 6.10 Å². The molecule has 24 heavy (non-hydrogen) atoms. The summed E-state index contributed by atoms with van der Waals surface area (Å²) < 4.78 is 42.1. The van der Waals surface area contributed by atoms with Gasteiger partial charge in [0.25, 0.3) is 0 Å². The van der Waals surface area contributed by atoms with Crippen molar-refractivity contribution in [2.75, 3.05) is 13.2 Å². The molecule has 0 radical (unpaired) electrons. The van der Waals surface area contributed by atoms with Gasteiger partial charge in [0.1, 0.15) is 12.4 Å². The van der Waals surface area contributed by atoms with Gasteiger partial charge >= 0.3 is 6.18 Å². The van der Waals surface area contributed by atoms with E-state index in [4.69, 9.17) is 4.74 Å². The molecule has 1 amide bonds. The summed E-state index contributed by atoms with van der Waals surface area (Å²) in [5, 5.41) is 2.88. The molecule has 0 aliphatic heterocycles. The number of carbonyl (C=O) groups excluding carboxylic acids is 2. The minimum atomic E-state index is -4.32. The van der Waals surface area contributed by atoms with E-state index >= 15 is 0 Å². The molecule has 4 nitrogen and oxygen atoms in total. The second kappa shape index (κ2) is 8.32. The van der Waals surface area contributed by atoms with Crippen molar-refractivity contribution < 1.29 is 27.5 Å². The first kappa shape index (κ1) is 19.2. The lowest BCUT2D eigenvalue weighted by atomic mass is 9.79. The van der Waals surface area contributed by atoms with Crippen LogP contribution in [0.3, 0.4) is 0 Å². The molecule has 0 bridgehead atoms. The Bertz CT molecular complexity index is 453. The Morgan fingerprint density at radius 1 is 1.25 bits per heavy atom. The lowest BCUT2D eigenvalue weighted by Gasteiger charge is -2.33. The second-order valence-corrected chi connectivity index (χ2v) is 7.12. The minimum absolute atomic E-state index is 0.0230.